The van der Waals surface area contributed by atoms with Gasteiger partial charge < -0.3 is 14.5 Å². The molecule has 3 rings (SSSR count). The van der Waals surface area contributed by atoms with Gasteiger partial charge in [-0.1, -0.05) is 5.16 Å². The topological polar surface area (TPSA) is 69.8 Å². The predicted octanol–water partition coefficient (Wildman–Crippen LogP) is 0.624. The first kappa shape index (κ1) is 13.6. The average Bonchev–Trinajstić information content (AvgIpc) is 3.11. The van der Waals surface area contributed by atoms with E-state index in [1.165, 1.54) is 0 Å². The molecule has 0 unspecified atom stereocenters. The molecule has 1 amide bonds. The fraction of sp³-hybridized carbons (Fsp3) is 0.714. The van der Waals surface area contributed by atoms with Crippen LogP contribution in [0.25, 0.3) is 0 Å². The van der Waals surface area contributed by atoms with E-state index in [1.807, 2.05) is 11.0 Å². The highest BCUT2D eigenvalue weighted by Gasteiger charge is 2.42. The normalized spacial score (nSPS) is 23.1. The van der Waals surface area contributed by atoms with Gasteiger partial charge in [-0.3, -0.25) is 9.69 Å². The highest BCUT2D eigenvalue weighted by molar-refractivity contribution is 5.85. The number of aromatic nitrogens is 1. The Labute approximate surface area is 118 Å². The summed E-state index contributed by atoms with van der Waals surface area (Å²) < 4.78 is 4.82. The predicted molar refractivity (Wildman–Crippen MR) is 71.8 cm³/mol. The Hall–Kier alpha value is -1.40. The van der Waals surface area contributed by atoms with Gasteiger partial charge in [-0.25, -0.2) is 0 Å². The van der Waals surface area contributed by atoms with Crippen molar-refractivity contribution in [2.24, 2.45) is 0 Å². The van der Waals surface area contributed by atoms with Crippen molar-refractivity contribution >= 4 is 5.91 Å². The summed E-state index contributed by atoms with van der Waals surface area (Å²) in [5.41, 5.74) is -0.173. The highest BCUT2D eigenvalue weighted by atomic mass is 16.5. The Morgan fingerprint density at radius 3 is 2.60 bits per heavy atom. The maximum absolute atomic E-state index is 12.4. The van der Waals surface area contributed by atoms with Gasteiger partial charge in [0.05, 0.1) is 5.69 Å². The van der Waals surface area contributed by atoms with E-state index in [1.54, 1.807) is 6.26 Å². The molecule has 0 atom stereocenters. The van der Waals surface area contributed by atoms with Crippen LogP contribution in [-0.4, -0.2) is 57.8 Å². The molecule has 110 valence electrons. The zero-order valence-electron chi connectivity index (χ0n) is 11.6. The molecule has 2 fully saturated rings. The van der Waals surface area contributed by atoms with E-state index >= 15 is 0 Å². The molecule has 2 aliphatic rings. The van der Waals surface area contributed by atoms with E-state index in [-0.39, 0.29) is 5.91 Å². The summed E-state index contributed by atoms with van der Waals surface area (Å²) in [7, 11) is 0. The molecule has 20 heavy (non-hydrogen) atoms. The molecule has 1 saturated heterocycles. The standard InChI is InChI=1S/C14H21N3O3/c18-13(14(19)4-1-2-5-14)17-8-6-16(7-9-17)11-12-3-10-20-15-12/h3,10,19H,1-2,4-9,11H2. The van der Waals surface area contributed by atoms with Gasteiger partial charge in [0.25, 0.3) is 5.91 Å². The van der Waals surface area contributed by atoms with Gasteiger partial charge in [-0.2, -0.15) is 0 Å². The Morgan fingerprint density at radius 2 is 2.00 bits per heavy atom. The summed E-state index contributed by atoms with van der Waals surface area (Å²) in [5.74, 6) is -0.0731. The van der Waals surface area contributed by atoms with Crippen molar-refractivity contribution in [3.8, 4) is 0 Å². The van der Waals surface area contributed by atoms with Crippen molar-refractivity contribution in [2.45, 2.75) is 37.8 Å². The van der Waals surface area contributed by atoms with Crippen molar-refractivity contribution in [1.82, 2.24) is 15.0 Å². The first-order valence-electron chi connectivity index (χ1n) is 7.31. The summed E-state index contributed by atoms with van der Waals surface area (Å²) in [4.78, 5) is 16.4. The number of piperazine rings is 1. The molecule has 0 bridgehead atoms. The van der Waals surface area contributed by atoms with Gasteiger partial charge >= 0.3 is 0 Å². The first-order chi connectivity index (χ1) is 9.67. The van der Waals surface area contributed by atoms with Crippen LogP contribution in [0.15, 0.2) is 16.9 Å². The molecule has 1 aromatic rings. The largest absolute Gasteiger partial charge is 0.380 e. The average molecular weight is 279 g/mol. The maximum atomic E-state index is 12.4. The number of hydrogen-bond donors (Lipinski definition) is 1. The SMILES string of the molecule is O=C(N1CCN(Cc2ccon2)CC1)C1(O)CCCC1. The fourth-order valence-electron chi connectivity index (χ4n) is 3.13. The zero-order chi connectivity index (χ0) is 14.0. The molecule has 0 aromatic carbocycles. The summed E-state index contributed by atoms with van der Waals surface area (Å²) >= 11 is 0. The van der Waals surface area contributed by atoms with E-state index in [0.717, 1.165) is 38.2 Å². The van der Waals surface area contributed by atoms with Crippen LogP contribution in [0.3, 0.4) is 0 Å². The molecule has 6 nitrogen and oxygen atoms in total. The van der Waals surface area contributed by atoms with Crippen LogP contribution >= 0.6 is 0 Å². The van der Waals surface area contributed by atoms with Crippen LogP contribution in [0.1, 0.15) is 31.4 Å². The number of carbonyl (C=O) groups is 1. The number of hydrogen-bond acceptors (Lipinski definition) is 5. The molecular formula is C14H21N3O3. The summed E-state index contributed by atoms with van der Waals surface area (Å²) in [5, 5.41) is 14.3. The van der Waals surface area contributed by atoms with Crippen LogP contribution in [0, 0.1) is 0 Å². The van der Waals surface area contributed by atoms with E-state index in [2.05, 4.69) is 10.1 Å². The third-order valence-electron chi connectivity index (χ3n) is 4.37. The summed E-state index contributed by atoms with van der Waals surface area (Å²) in [6.07, 6.45) is 4.71. The minimum Gasteiger partial charge on any atom is -0.380 e. The quantitative estimate of drug-likeness (QED) is 0.878. The van der Waals surface area contributed by atoms with Crippen LogP contribution < -0.4 is 0 Å². The Morgan fingerprint density at radius 1 is 1.30 bits per heavy atom. The summed E-state index contributed by atoms with van der Waals surface area (Å²) in [6, 6.07) is 1.86. The smallest absolute Gasteiger partial charge is 0.254 e. The third kappa shape index (κ3) is 2.71. The van der Waals surface area contributed by atoms with Crippen LogP contribution in [0.2, 0.25) is 0 Å². The molecule has 1 saturated carbocycles. The number of nitrogens with zero attached hydrogens (tertiary/aromatic N) is 3. The van der Waals surface area contributed by atoms with Crippen molar-refractivity contribution in [3.05, 3.63) is 18.0 Å². The lowest BCUT2D eigenvalue weighted by Crippen LogP contribution is -2.54. The van der Waals surface area contributed by atoms with Gasteiger partial charge in [0.15, 0.2) is 0 Å². The van der Waals surface area contributed by atoms with Crippen molar-refractivity contribution < 1.29 is 14.4 Å². The van der Waals surface area contributed by atoms with E-state index in [4.69, 9.17) is 4.52 Å². The van der Waals surface area contributed by atoms with Crippen LogP contribution in [0.4, 0.5) is 0 Å². The number of carbonyl (C=O) groups excluding carboxylic acids is 1. The van der Waals surface area contributed by atoms with Crippen molar-refractivity contribution in [3.63, 3.8) is 0 Å². The fourth-order valence-corrected chi connectivity index (χ4v) is 3.13. The lowest BCUT2D eigenvalue weighted by atomic mass is 10.00. The Balaban J connectivity index is 1.52. The van der Waals surface area contributed by atoms with Crippen molar-refractivity contribution in [2.75, 3.05) is 26.2 Å². The van der Waals surface area contributed by atoms with Crippen LogP contribution in [0.5, 0.6) is 0 Å². The third-order valence-corrected chi connectivity index (χ3v) is 4.37. The van der Waals surface area contributed by atoms with E-state index in [0.29, 0.717) is 25.9 Å². The molecule has 1 aliphatic carbocycles. The Bertz CT molecular complexity index is 446. The number of aliphatic hydroxyl groups is 1. The molecule has 6 heteroatoms. The summed E-state index contributed by atoms with van der Waals surface area (Å²) in [6.45, 7) is 3.74. The van der Waals surface area contributed by atoms with E-state index in [9.17, 15) is 9.90 Å². The second kappa shape index (κ2) is 5.54. The second-order valence-corrected chi connectivity index (χ2v) is 5.80. The van der Waals surface area contributed by atoms with Gasteiger partial charge in [0, 0.05) is 38.8 Å². The maximum Gasteiger partial charge on any atom is 0.254 e. The lowest BCUT2D eigenvalue weighted by Gasteiger charge is -2.37. The minimum absolute atomic E-state index is 0.0731. The molecule has 0 radical (unpaired) electrons. The van der Waals surface area contributed by atoms with E-state index < -0.39 is 5.60 Å². The molecule has 1 aromatic heterocycles. The molecule has 0 spiro atoms. The minimum atomic E-state index is -1.09. The number of rotatable bonds is 3. The van der Waals surface area contributed by atoms with Crippen molar-refractivity contribution in [1.29, 1.82) is 0 Å². The molecule has 2 heterocycles. The first-order valence-corrected chi connectivity index (χ1v) is 7.31. The monoisotopic (exact) mass is 279 g/mol. The van der Waals surface area contributed by atoms with Crippen LogP contribution in [-0.2, 0) is 11.3 Å². The highest BCUT2D eigenvalue weighted by Crippen LogP contribution is 2.31. The van der Waals surface area contributed by atoms with Gasteiger partial charge in [-0.15, -0.1) is 0 Å². The van der Waals surface area contributed by atoms with Gasteiger partial charge in [-0.05, 0) is 25.7 Å². The van der Waals surface area contributed by atoms with Gasteiger partial charge in [0.1, 0.15) is 11.9 Å². The molecule has 1 aliphatic heterocycles. The van der Waals surface area contributed by atoms with Gasteiger partial charge in [0.2, 0.25) is 0 Å². The number of amides is 1. The zero-order valence-corrected chi connectivity index (χ0v) is 11.6. The second-order valence-electron chi connectivity index (χ2n) is 5.80. The lowest BCUT2D eigenvalue weighted by molar-refractivity contribution is -0.152. The molecule has 1 N–H and O–H groups in total. The molecular weight excluding hydrogens is 258 g/mol. The Kier molecular flexibility index (Phi) is 3.76.